The molecule has 4 rings (SSSR count). The fraction of sp³-hybridized carbons (Fsp3) is 0.318. The van der Waals surface area contributed by atoms with Crippen LogP contribution in [0, 0.1) is 0 Å². The highest BCUT2D eigenvalue weighted by Gasteiger charge is 2.07. The molecule has 0 radical (unpaired) electrons. The van der Waals surface area contributed by atoms with Crippen molar-refractivity contribution < 1.29 is 0 Å². The second-order valence-electron chi connectivity index (χ2n) is 7.21. The molecule has 0 aliphatic heterocycles. The van der Waals surface area contributed by atoms with Gasteiger partial charge in [-0.05, 0) is 37.1 Å². The van der Waals surface area contributed by atoms with E-state index in [9.17, 15) is 0 Å². The highest BCUT2D eigenvalue weighted by atomic mass is 15.3. The van der Waals surface area contributed by atoms with Crippen molar-refractivity contribution in [2.24, 2.45) is 12.0 Å². The molecule has 3 aromatic heterocycles. The number of anilines is 1. The second-order valence-corrected chi connectivity index (χ2v) is 7.21. The van der Waals surface area contributed by atoms with Crippen LogP contribution in [0.5, 0.6) is 0 Å². The second kappa shape index (κ2) is 10.4. The standard InChI is InChI=1S/C22H28N10/c1-3-23-22(25-11-9-17-5-7-18(8-6-17)32-14-4-10-29-32)26-13-12-24-20-19-15-30-31(2)21(19)28-16-27-20/h4-8,10,14-16H,3,9,11-13H2,1-2H3,(H2,23,25,26)(H,24,27,28). The minimum Gasteiger partial charge on any atom is -0.368 e. The lowest BCUT2D eigenvalue weighted by Crippen LogP contribution is -2.39. The summed E-state index contributed by atoms with van der Waals surface area (Å²) in [6.45, 7) is 4.96. The van der Waals surface area contributed by atoms with Gasteiger partial charge in [-0.1, -0.05) is 12.1 Å². The molecule has 0 aliphatic rings. The van der Waals surface area contributed by atoms with Crippen LogP contribution in [0.2, 0.25) is 0 Å². The summed E-state index contributed by atoms with van der Waals surface area (Å²) in [5.41, 5.74) is 3.10. The number of hydrogen-bond donors (Lipinski definition) is 3. The Bertz CT molecular complexity index is 1150. The van der Waals surface area contributed by atoms with Gasteiger partial charge >= 0.3 is 0 Å². The van der Waals surface area contributed by atoms with Gasteiger partial charge in [-0.3, -0.25) is 9.67 Å². The van der Waals surface area contributed by atoms with Gasteiger partial charge in [0.2, 0.25) is 0 Å². The first-order chi connectivity index (χ1) is 15.7. The molecule has 1 aromatic carbocycles. The van der Waals surface area contributed by atoms with Crippen LogP contribution < -0.4 is 16.0 Å². The van der Waals surface area contributed by atoms with E-state index < -0.39 is 0 Å². The van der Waals surface area contributed by atoms with Crippen molar-refractivity contribution >= 4 is 22.8 Å². The minimum absolute atomic E-state index is 0.695. The molecule has 4 aromatic rings. The summed E-state index contributed by atoms with van der Waals surface area (Å²) in [4.78, 5) is 13.3. The first kappa shape index (κ1) is 21.3. The Kier molecular flexibility index (Phi) is 6.91. The molecule has 10 heteroatoms. The van der Waals surface area contributed by atoms with E-state index in [0.29, 0.717) is 19.6 Å². The van der Waals surface area contributed by atoms with E-state index in [1.807, 2.05) is 24.0 Å². The van der Waals surface area contributed by atoms with E-state index in [4.69, 9.17) is 0 Å². The van der Waals surface area contributed by atoms with Gasteiger partial charge in [0.15, 0.2) is 11.6 Å². The zero-order valence-electron chi connectivity index (χ0n) is 18.4. The van der Waals surface area contributed by atoms with Crippen molar-refractivity contribution in [3.05, 3.63) is 60.8 Å². The van der Waals surface area contributed by atoms with Crippen molar-refractivity contribution in [3.8, 4) is 5.69 Å². The Labute approximate surface area is 186 Å². The molecule has 0 saturated carbocycles. The maximum absolute atomic E-state index is 4.69. The molecular formula is C22H28N10. The fourth-order valence-electron chi connectivity index (χ4n) is 3.34. The number of rotatable bonds is 9. The molecule has 0 amide bonds. The van der Waals surface area contributed by atoms with Crippen LogP contribution in [0.4, 0.5) is 5.82 Å². The first-order valence-corrected chi connectivity index (χ1v) is 10.7. The average molecular weight is 433 g/mol. The van der Waals surface area contributed by atoms with Crippen LogP contribution in [0.15, 0.2) is 60.2 Å². The van der Waals surface area contributed by atoms with Crippen molar-refractivity contribution in [1.29, 1.82) is 0 Å². The van der Waals surface area contributed by atoms with Gasteiger partial charge in [-0.2, -0.15) is 10.2 Å². The maximum Gasteiger partial charge on any atom is 0.191 e. The van der Waals surface area contributed by atoms with Crippen molar-refractivity contribution in [3.63, 3.8) is 0 Å². The summed E-state index contributed by atoms with van der Waals surface area (Å²) >= 11 is 0. The predicted molar refractivity (Wildman–Crippen MR) is 126 cm³/mol. The van der Waals surface area contributed by atoms with E-state index in [-0.39, 0.29) is 0 Å². The van der Waals surface area contributed by atoms with Crippen LogP contribution in [-0.4, -0.2) is 61.7 Å². The third kappa shape index (κ3) is 5.20. The lowest BCUT2D eigenvalue weighted by atomic mass is 10.1. The summed E-state index contributed by atoms with van der Waals surface area (Å²) in [6, 6.07) is 10.3. The SMILES string of the molecule is CCNC(=NCCc1ccc(-n2cccn2)cc1)NCCNc1ncnc2c1cnn2C. The zero-order chi connectivity index (χ0) is 22.2. The van der Waals surface area contributed by atoms with Gasteiger partial charge in [-0.25, -0.2) is 14.6 Å². The molecule has 0 fully saturated rings. The molecule has 3 heterocycles. The lowest BCUT2D eigenvalue weighted by Gasteiger charge is -2.12. The summed E-state index contributed by atoms with van der Waals surface area (Å²) in [5.74, 6) is 1.59. The number of nitrogens with one attached hydrogen (secondary N) is 3. The van der Waals surface area contributed by atoms with Gasteiger partial charge in [0.25, 0.3) is 0 Å². The van der Waals surface area contributed by atoms with Crippen LogP contribution in [0.3, 0.4) is 0 Å². The van der Waals surface area contributed by atoms with Crippen molar-refractivity contribution in [2.75, 3.05) is 31.5 Å². The summed E-state index contributed by atoms with van der Waals surface area (Å²) in [7, 11) is 1.87. The van der Waals surface area contributed by atoms with Gasteiger partial charge in [0.1, 0.15) is 12.1 Å². The van der Waals surface area contributed by atoms with E-state index in [2.05, 4.69) is 72.3 Å². The molecule has 10 nitrogen and oxygen atoms in total. The number of hydrogen-bond acceptors (Lipinski definition) is 6. The quantitative estimate of drug-likeness (QED) is 0.210. The number of aromatic nitrogens is 6. The Hall–Kier alpha value is -3.95. The number of nitrogens with zero attached hydrogens (tertiary/aromatic N) is 7. The molecule has 32 heavy (non-hydrogen) atoms. The zero-order valence-corrected chi connectivity index (χ0v) is 18.4. The van der Waals surface area contributed by atoms with Gasteiger partial charge in [0.05, 0.1) is 17.3 Å². The summed E-state index contributed by atoms with van der Waals surface area (Å²) in [6.07, 6.45) is 7.91. The van der Waals surface area contributed by atoms with Gasteiger partial charge < -0.3 is 16.0 Å². The van der Waals surface area contributed by atoms with Gasteiger partial charge in [0, 0.05) is 45.6 Å². The predicted octanol–water partition coefficient (Wildman–Crippen LogP) is 1.76. The molecular weight excluding hydrogens is 404 g/mol. The fourth-order valence-corrected chi connectivity index (χ4v) is 3.34. The maximum atomic E-state index is 4.69. The van der Waals surface area contributed by atoms with E-state index in [0.717, 1.165) is 41.5 Å². The molecule has 166 valence electrons. The third-order valence-electron chi connectivity index (χ3n) is 4.96. The van der Waals surface area contributed by atoms with Crippen LogP contribution in [0.1, 0.15) is 12.5 Å². The van der Waals surface area contributed by atoms with E-state index >= 15 is 0 Å². The third-order valence-corrected chi connectivity index (χ3v) is 4.96. The Morgan fingerprint density at radius 2 is 1.94 bits per heavy atom. The largest absolute Gasteiger partial charge is 0.368 e. The van der Waals surface area contributed by atoms with Gasteiger partial charge in [-0.15, -0.1) is 0 Å². The van der Waals surface area contributed by atoms with E-state index in [1.165, 1.54) is 5.56 Å². The lowest BCUT2D eigenvalue weighted by molar-refractivity contribution is 0.785. The molecule has 3 N–H and O–H groups in total. The summed E-state index contributed by atoms with van der Waals surface area (Å²) in [5, 5.41) is 19.4. The van der Waals surface area contributed by atoms with Crippen LogP contribution >= 0.6 is 0 Å². The normalized spacial score (nSPS) is 11.6. The Morgan fingerprint density at radius 1 is 1.06 bits per heavy atom. The van der Waals surface area contributed by atoms with Crippen LogP contribution in [-0.2, 0) is 13.5 Å². The summed E-state index contributed by atoms with van der Waals surface area (Å²) < 4.78 is 3.59. The Balaban J connectivity index is 1.25. The monoisotopic (exact) mass is 432 g/mol. The number of aliphatic imine (C=N–C) groups is 1. The molecule has 0 spiro atoms. The van der Waals surface area contributed by atoms with Crippen molar-refractivity contribution in [1.82, 2.24) is 40.2 Å². The minimum atomic E-state index is 0.695. The Morgan fingerprint density at radius 3 is 2.72 bits per heavy atom. The number of fused-ring (bicyclic) bond motifs is 1. The molecule has 0 unspecified atom stereocenters. The number of guanidine groups is 1. The average Bonchev–Trinajstić information content (AvgIpc) is 3.48. The number of aryl methyl sites for hydroxylation is 1. The van der Waals surface area contributed by atoms with Crippen LogP contribution in [0.25, 0.3) is 16.7 Å². The molecule has 0 bridgehead atoms. The van der Waals surface area contributed by atoms with Crippen molar-refractivity contribution in [2.45, 2.75) is 13.3 Å². The highest BCUT2D eigenvalue weighted by Crippen LogP contribution is 2.17. The topological polar surface area (TPSA) is 110 Å². The number of benzene rings is 1. The molecule has 0 atom stereocenters. The molecule has 0 aliphatic carbocycles. The van der Waals surface area contributed by atoms with E-state index in [1.54, 1.807) is 23.4 Å². The molecule has 0 saturated heterocycles. The smallest absolute Gasteiger partial charge is 0.191 e. The highest BCUT2D eigenvalue weighted by molar-refractivity contribution is 5.86. The first-order valence-electron chi connectivity index (χ1n) is 10.7.